The molecule has 1 aliphatic rings. The van der Waals surface area contributed by atoms with Crippen LogP contribution in [0.25, 0.3) is 0 Å². The Kier molecular flexibility index (Phi) is 2.26. The molecule has 11 heavy (non-hydrogen) atoms. The smallest absolute Gasteiger partial charge is 0.0628 e. The minimum atomic E-state index is 0.00979. The average molecular weight is 157 g/mol. The molecule has 0 heterocycles. The van der Waals surface area contributed by atoms with Gasteiger partial charge in [0.15, 0.2) is 0 Å². The van der Waals surface area contributed by atoms with E-state index in [1.165, 1.54) is 12.8 Å². The zero-order valence-electron chi connectivity index (χ0n) is 7.81. The van der Waals surface area contributed by atoms with Crippen LogP contribution in [0.15, 0.2) is 0 Å². The Morgan fingerprint density at radius 3 is 2.27 bits per heavy atom. The number of ether oxygens (including phenoxy) is 1. The highest BCUT2D eigenvalue weighted by Crippen LogP contribution is 2.50. The molecule has 0 spiro atoms. The van der Waals surface area contributed by atoms with E-state index >= 15 is 0 Å². The van der Waals surface area contributed by atoms with Gasteiger partial charge >= 0.3 is 0 Å². The van der Waals surface area contributed by atoms with E-state index in [1.807, 2.05) is 0 Å². The lowest BCUT2D eigenvalue weighted by Gasteiger charge is -2.27. The lowest BCUT2D eigenvalue weighted by molar-refractivity contribution is -0.000781. The van der Waals surface area contributed by atoms with E-state index < -0.39 is 0 Å². The van der Waals surface area contributed by atoms with Gasteiger partial charge in [-0.3, -0.25) is 0 Å². The molecule has 66 valence electrons. The van der Waals surface area contributed by atoms with E-state index in [2.05, 4.69) is 13.8 Å². The number of hydrogen-bond donors (Lipinski definition) is 1. The van der Waals surface area contributed by atoms with Gasteiger partial charge in [0.2, 0.25) is 0 Å². The third-order valence-electron chi connectivity index (χ3n) is 2.74. The molecule has 1 saturated carbocycles. The number of nitrogens with two attached hydrogens (primary N) is 1. The highest BCUT2D eigenvalue weighted by atomic mass is 16.5. The second-order valence-electron chi connectivity index (χ2n) is 4.34. The molecule has 0 amide bonds. The van der Waals surface area contributed by atoms with Crippen LogP contribution in [-0.2, 0) is 4.74 Å². The van der Waals surface area contributed by atoms with Gasteiger partial charge in [-0.1, -0.05) is 0 Å². The highest BCUT2D eigenvalue weighted by molar-refractivity contribution is 4.97. The summed E-state index contributed by atoms with van der Waals surface area (Å²) < 4.78 is 5.36. The molecular weight excluding hydrogens is 138 g/mol. The zero-order valence-corrected chi connectivity index (χ0v) is 7.81. The van der Waals surface area contributed by atoms with Crippen molar-refractivity contribution in [2.75, 3.05) is 13.7 Å². The molecule has 2 heteroatoms. The SMILES string of the molecule is COC(C)(C)CC1(CN)CC1. The molecule has 0 aromatic carbocycles. The molecular formula is C9H19NO. The van der Waals surface area contributed by atoms with Crippen LogP contribution < -0.4 is 5.73 Å². The van der Waals surface area contributed by atoms with E-state index in [4.69, 9.17) is 10.5 Å². The first-order valence-corrected chi connectivity index (χ1v) is 4.29. The van der Waals surface area contributed by atoms with E-state index in [-0.39, 0.29) is 5.60 Å². The van der Waals surface area contributed by atoms with Crippen LogP contribution in [-0.4, -0.2) is 19.3 Å². The predicted molar refractivity (Wildman–Crippen MR) is 46.4 cm³/mol. The first-order valence-electron chi connectivity index (χ1n) is 4.29. The fourth-order valence-corrected chi connectivity index (χ4v) is 1.61. The zero-order chi connectivity index (χ0) is 8.54. The molecule has 2 nitrogen and oxygen atoms in total. The Balaban J connectivity index is 2.41. The molecule has 0 unspecified atom stereocenters. The van der Waals surface area contributed by atoms with Crippen molar-refractivity contribution < 1.29 is 4.74 Å². The monoisotopic (exact) mass is 157 g/mol. The quantitative estimate of drug-likeness (QED) is 0.672. The van der Waals surface area contributed by atoms with Crippen LogP contribution in [0.3, 0.4) is 0 Å². The van der Waals surface area contributed by atoms with Crippen LogP contribution >= 0.6 is 0 Å². The summed E-state index contributed by atoms with van der Waals surface area (Å²) in [5.74, 6) is 0. The topological polar surface area (TPSA) is 35.2 Å². The highest BCUT2D eigenvalue weighted by Gasteiger charge is 2.44. The Bertz CT molecular complexity index is 134. The molecule has 1 rings (SSSR count). The predicted octanol–water partition coefficient (Wildman–Crippen LogP) is 1.54. The van der Waals surface area contributed by atoms with Crippen LogP contribution in [0, 0.1) is 5.41 Å². The largest absolute Gasteiger partial charge is 0.379 e. The normalized spacial score (nSPS) is 21.8. The summed E-state index contributed by atoms with van der Waals surface area (Å²) in [5.41, 5.74) is 6.11. The van der Waals surface area contributed by atoms with Gasteiger partial charge in [-0.15, -0.1) is 0 Å². The van der Waals surface area contributed by atoms with Gasteiger partial charge in [-0.25, -0.2) is 0 Å². The number of hydrogen-bond acceptors (Lipinski definition) is 2. The van der Waals surface area contributed by atoms with Gasteiger partial charge in [0.25, 0.3) is 0 Å². The number of rotatable bonds is 4. The summed E-state index contributed by atoms with van der Waals surface area (Å²) in [4.78, 5) is 0. The minimum absolute atomic E-state index is 0.00979. The van der Waals surface area contributed by atoms with Crippen molar-refractivity contribution in [2.45, 2.75) is 38.7 Å². The summed E-state index contributed by atoms with van der Waals surface area (Å²) in [6.07, 6.45) is 3.68. The third kappa shape index (κ3) is 2.17. The second kappa shape index (κ2) is 2.76. The van der Waals surface area contributed by atoms with Gasteiger partial charge in [0.1, 0.15) is 0 Å². The fourth-order valence-electron chi connectivity index (χ4n) is 1.61. The molecule has 0 radical (unpaired) electrons. The van der Waals surface area contributed by atoms with Crippen LogP contribution in [0.2, 0.25) is 0 Å². The Morgan fingerprint density at radius 2 is 2.00 bits per heavy atom. The maximum atomic E-state index is 5.68. The molecule has 0 aliphatic heterocycles. The van der Waals surface area contributed by atoms with Gasteiger partial charge in [-0.2, -0.15) is 0 Å². The molecule has 0 bridgehead atoms. The van der Waals surface area contributed by atoms with Crippen molar-refractivity contribution in [3.8, 4) is 0 Å². The van der Waals surface area contributed by atoms with Gasteiger partial charge in [0.05, 0.1) is 5.60 Å². The Hall–Kier alpha value is -0.0800. The molecule has 0 aromatic rings. The van der Waals surface area contributed by atoms with Gasteiger partial charge in [0, 0.05) is 7.11 Å². The van der Waals surface area contributed by atoms with Crippen LogP contribution in [0.1, 0.15) is 33.1 Å². The van der Waals surface area contributed by atoms with E-state index in [0.717, 1.165) is 13.0 Å². The van der Waals surface area contributed by atoms with Crippen LogP contribution in [0.4, 0.5) is 0 Å². The molecule has 1 aliphatic carbocycles. The molecule has 2 N–H and O–H groups in total. The summed E-state index contributed by atoms with van der Waals surface area (Å²) in [5, 5.41) is 0. The third-order valence-corrected chi connectivity index (χ3v) is 2.74. The standard InChI is InChI=1S/C9H19NO/c1-8(2,11-3)6-9(7-10)4-5-9/h4-7,10H2,1-3H3. The number of methoxy groups -OCH3 is 1. The minimum Gasteiger partial charge on any atom is -0.379 e. The summed E-state index contributed by atoms with van der Waals surface area (Å²) in [6.45, 7) is 5.07. The van der Waals surface area contributed by atoms with Crippen molar-refractivity contribution in [2.24, 2.45) is 11.1 Å². The Labute approximate surface area is 69.1 Å². The summed E-state index contributed by atoms with van der Waals surface area (Å²) in [6, 6.07) is 0. The first kappa shape index (κ1) is 9.01. The van der Waals surface area contributed by atoms with E-state index in [1.54, 1.807) is 7.11 Å². The molecule has 0 atom stereocenters. The van der Waals surface area contributed by atoms with Gasteiger partial charge in [-0.05, 0) is 45.1 Å². The maximum absolute atomic E-state index is 5.68. The van der Waals surface area contributed by atoms with Crippen LogP contribution in [0.5, 0.6) is 0 Å². The molecule has 0 aromatic heterocycles. The molecule has 0 saturated heterocycles. The maximum Gasteiger partial charge on any atom is 0.0628 e. The first-order chi connectivity index (χ1) is 5.04. The lowest BCUT2D eigenvalue weighted by Crippen LogP contribution is -2.30. The Morgan fingerprint density at radius 1 is 1.45 bits per heavy atom. The fraction of sp³-hybridized carbons (Fsp3) is 1.00. The average Bonchev–Trinajstić information content (AvgIpc) is 2.69. The van der Waals surface area contributed by atoms with Crippen molar-refractivity contribution in [3.05, 3.63) is 0 Å². The van der Waals surface area contributed by atoms with E-state index in [9.17, 15) is 0 Å². The second-order valence-corrected chi connectivity index (χ2v) is 4.34. The summed E-state index contributed by atoms with van der Waals surface area (Å²) in [7, 11) is 1.77. The molecule has 1 fully saturated rings. The van der Waals surface area contributed by atoms with Crippen molar-refractivity contribution in [3.63, 3.8) is 0 Å². The van der Waals surface area contributed by atoms with Crippen molar-refractivity contribution >= 4 is 0 Å². The van der Waals surface area contributed by atoms with Gasteiger partial charge < -0.3 is 10.5 Å². The summed E-state index contributed by atoms with van der Waals surface area (Å²) >= 11 is 0. The lowest BCUT2D eigenvalue weighted by atomic mass is 9.91. The van der Waals surface area contributed by atoms with Crippen molar-refractivity contribution in [1.29, 1.82) is 0 Å². The van der Waals surface area contributed by atoms with E-state index in [0.29, 0.717) is 5.41 Å². The van der Waals surface area contributed by atoms with Crippen molar-refractivity contribution in [1.82, 2.24) is 0 Å².